The van der Waals surface area contributed by atoms with Gasteiger partial charge in [0.15, 0.2) is 0 Å². The molecule has 0 saturated carbocycles. The lowest BCUT2D eigenvalue weighted by Gasteiger charge is -2.18. The van der Waals surface area contributed by atoms with Gasteiger partial charge in [-0.25, -0.2) is 0 Å². The van der Waals surface area contributed by atoms with Crippen LogP contribution in [0.25, 0.3) is 0 Å². The molecule has 2 aromatic rings. The molecule has 0 saturated heterocycles. The molecule has 0 amide bonds. The Bertz CT molecular complexity index is 498. The maximum Gasteiger partial charge on any atom is 0.0801 e. The van der Waals surface area contributed by atoms with Gasteiger partial charge in [0, 0.05) is 13.7 Å². The summed E-state index contributed by atoms with van der Waals surface area (Å²) in [4.78, 5) is 0. The molecule has 0 nitrogen and oxygen atoms in total. The number of hydrogen-bond acceptors (Lipinski definition) is 2. The van der Waals surface area contributed by atoms with Crippen molar-refractivity contribution >= 4 is 46.4 Å². The summed E-state index contributed by atoms with van der Waals surface area (Å²) in [5, 5.41) is 2.62. The Labute approximate surface area is 125 Å². The first-order valence-corrected chi connectivity index (χ1v) is 8.74. The smallest absolute Gasteiger partial charge is 0.0801 e. The summed E-state index contributed by atoms with van der Waals surface area (Å²) in [6.45, 7) is 3.76. The minimum absolute atomic E-state index is 0.577. The van der Waals surface area contributed by atoms with Crippen molar-refractivity contribution in [3.63, 3.8) is 0 Å². The molecule has 0 radical (unpaired) electrons. The van der Waals surface area contributed by atoms with Gasteiger partial charge in [0.05, 0.1) is 3.94 Å². The predicted molar refractivity (Wildman–Crippen MR) is 94.3 cm³/mol. The van der Waals surface area contributed by atoms with Crippen molar-refractivity contribution in [2.75, 3.05) is 5.75 Å². The molecule has 0 aliphatic rings. The van der Waals surface area contributed by atoms with Crippen LogP contribution in [-0.2, 0) is 0 Å². The third-order valence-electron chi connectivity index (χ3n) is 2.54. The summed E-state index contributed by atoms with van der Waals surface area (Å²) in [5.41, 5.74) is 0. The molecule has 0 fully saturated rings. The van der Waals surface area contributed by atoms with Crippen molar-refractivity contribution in [2.45, 2.75) is 0 Å². The monoisotopic (exact) mass is 302 g/mol. The molecular weight excluding hydrogens is 287 g/mol. The van der Waals surface area contributed by atoms with Crippen LogP contribution in [0, 0.1) is 0 Å². The lowest BCUT2D eigenvalue weighted by molar-refractivity contribution is 1.76. The fourth-order valence-corrected chi connectivity index (χ4v) is 5.84. The Morgan fingerprint density at radius 1 is 1.00 bits per heavy atom. The summed E-state index contributed by atoms with van der Waals surface area (Å²) in [7, 11) is -0.577. The largest absolute Gasteiger partial charge is 0.109 e. The van der Waals surface area contributed by atoms with E-state index in [1.165, 1.54) is 10.6 Å². The minimum atomic E-state index is -0.577. The molecule has 0 N–H and O–H groups in total. The molecule has 19 heavy (non-hydrogen) atoms. The van der Waals surface area contributed by atoms with E-state index in [1.807, 2.05) is 18.2 Å². The van der Waals surface area contributed by atoms with E-state index >= 15 is 0 Å². The average Bonchev–Trinajstić information content (AvgIpc) is 2.47. The summed E-state index contributed by atoms with van der Waals surface area (Å²) >= 11 is 7.37. The summed E-state index contributed by atoms with van der Waals surface area (Å²) in [6.07, 6.45) is 1.90. The molecule has 0 atom stereocenters. The van der Waals surface area contributed by atoms with Crippen LogP contribution in [0.5, 0.6) is 0 Å². The van der Waals surface area contributed by atoms with Crippen LogP contribution in [-0.4, -0.2) is 9.69 Å². The molecule has 0 bridgehead atoms. The highest BCUT2D eigenvalue weighted by Gasteiger charge is 2.18. The Morgan fingerprint density at radius 3 is 1.89 bits per heavy atom. The number of thiocarbonyl (C=S) groups is 1. The van der Waals surface area contributed by atoms with Crippen LogP contribution in [0.3, 0.4) is 0 Å². The SMILES string of the molecule is C=CCSC(=S)P(c1ccccc1)c1ccccc1. The summed E-state index contributed by atoms with van der Waals surface area (Å²) in [5.74, 6) is 0.872. The highest BCUT2D eigenvalue weighted by Crippen LogP contribution is 2.40. The number of rotatable bonds is 5. The zero-order valence-electron chi connectivity index (χ0n) is 10.5. The van der Waals surface area contributed by atoms with E-state index in [-0.39, 0.29) is 0 Å². The fourth-order valence-electron chi connectivity index (χ4n) is 1.71. The average molecular weight is 302 g/mol. The highest BCUT2D eigenvalue weighted by molar-refractivity contribution is 8.37. The minimum Gasteiger partial charge on any atom is -0.109 e. The predicted octanol–water partition coefficient (Wildman–Crippen LogP) is 4.32. The van der Waals surface area contributed by atoms with Gasteiger partial charge in [-0.05, 0) is 10.6 Å². The second-order valence-electron chi connectivity index (χ2n) is 3.87. The third-order valence-corrected chi connectivity index (χ3v) is 7.02. The number of hydrogen-bond donors (Lipinski definition) is 0. The van der Waals surface area contributed by atoms with Crippen molar-refractivity contribution in [1.82, 2.24) is 0 Å². The first kappa shape index (κ1) is 14.5. The first-order valence-electron chi connectivity index (χ1n) is 6.01. The molecular formula is C16H15PS2. The Morgan fingerprint density at radius 2 is 1.47 bits per heavy atom. The van der Waals surface area contributed by atoms with Crippen molar-refractivity contribution in [3.8, 4) is 0 Å². The molecule has 2 rings (SSSR count). The van der Waals surface area contributed by atoms with Gasteiger partial charge in [-0.2, -0.15) is 0 Å². The van der Waals surface area contributed by atoms with E-state index < -0.39 is 7.92 Å². The van der Waals surface area contributed by atoms with E-state index in [9.17, 15) is 0 Å². The number of thioether (sulfide) groups is 1. The van der Waals surface area contributed by atoms with E-state index in [2.05, 4.69) is 55.1 Å². The van der Waals surface area contributed by atoms with Crippen LogP contribution < -0.4 is 10.6 Å². The summed E-state index contributed by atoms with van der Waals surface area (Å²) in [6, 6.07) is 21.1. The second kappa shape index (κ2) is 7.59. The molecule has 0 aliphatic carbocycles. The van der Waals surface area contributed by atoms with Crippen LogP contribution in [0.1, 0.15) is 0 Å². The van der Waals surface area contributed by atoms with Crippen LogP contribution in [0.15, 0.2) is 73.3 Å². The first-order chi connectivity index (χ1) is 9.33. The van der Waals surface area contributed by atoms with Crippen molar-refractivity contribution in [2.24, 2.45) is 0 Å². The van der Waals surface area contributed by atoms with Gasteiger partial charge in [-0.3, -0.25) is 0 Å². The third kappa shape index (κ3) is 4.01. The van der Waals surface area contributed by atoms with Crippen LogP contribution >= 0.6 is 31.9 Å². The van der Waals surface area contributed by atoms with E-state index in [1.54, 1.807) is 11.8 Å². The second-order valence-corrected chi connectivity index (χ2v) is 8.32. The zero-order valence-corrected chi connectivity index (χ0v) is 13.1. The van der Waals surface area contributed by atoms with E-state index in [4.69, 9.17) is 12.2 Å². The molecule has 3 heteroatoms. The Balaban J connectivity index is 2.34. The van der Waals surface area contributed by atoms with Crippen molar-refractivity contribution in [1.29, 1.82) is 0 Å². The molecule has 0 aromatic heterocycles. The van der Waals surface area contributed by atoms with E-state index in [0.29, 0.717) is 0 Å². The van der Waals surface area contributed by atoms with Gasteiger partial charge < -0.3 is 0 Å². The van der Waals surface area contributed by atoms with Gasteiger partial charge >= 0.3 is 0 Å². The molecule has 0 aliphatic heterocycles. The lowest BCUT2D eigenvalue weighted by Crippen LogP contribution is -2.15. The Kier molecular flexibility index (Phi) is 5.78. The molecule has 0 heterocycles. The van der Waals surface area contributed by atoms with Crippen molar-refractivity contribution in [3.05, 3.63) is 73.3 Å². The molecule has 2 aromatic carbocycles. The van der Waals surface area contributed by atoms with Gasteiger partial charge in [0.25, 0.3) is 0 Å². The van der Waals surface area contributed by atoms with Gasteiger partial charge in [0.1, 0.15) is 0 Å². The van der Waals surface area contributed by atoms with E-state index in [0.717, 1.165) is 9.69 Å². The lowest BCUT2D eigenvalue weighted by atomic mass is 10.4. The van der Waals surface area contributed by atoms with Gasteiger partial charge in [-0.15, -0.1) is 18.3 Å². The van der Waals surface area contributed by atoms with Gasteiger partial charge in [0.2, 0.25) is 0 Å². The standard InChI is InChI=1S/C16H15PS2/c1-2-13-19-16(18)17(14-9-5-3-6-10-14)15-11-7-4-8-12-15/h2-12H,1,13H2. The fraction of sp³-hybridized carbons (Fsp3) is 0.0625. The maximum absolute atomic E-state index is 5.65. The van der Waals surface area contributed by atoms with Gasteiger partial charge in [-0.1, -0.05) is 79.0 Å². The maximum atomic E-state index is 5.65. The molecule has 96 valence electrons. The highest BCUT2D eigenvalue weighted by atomic mass is 32.2. The molecule has 0 unspecified atom stereocenters. The quantitative estimate of drug-likeness (QED) is 0.458. The topological polar surface area (TPSA) is 0 Å². The Hall–Kier alpha value is -0.950. The zero-order chi connectivity index (χ0) is 13.5. The van der Waals surface area contributed by atoms with Crippen LogP contribution in [0.2, 0.25) is 0 Å². The van der Waals surface area contributed by atoms with Crippen LogP contribution in [0.4, 0.5) is 0 Å². The molecule has 0 spiro atoms. The normalized spacial score (nSPS) is 10.4. The van der Waals surface area contributed by atoms with Crippen molar-refractivity contribution < 1.29 is 0 Å². The summed E-state index contributed by atoms with van der Waals surface area (Å²) < 4.78 is 1.06. The number of benzene rings is 2.